The van der Waals surface area contributed by atoms with Crippen LogP contribution in [0.4, 0.5) is 0 Å². The van der Waals surface area contributed by atoms with Crippen molar-refractivity contribution in [3.63, 3.8) is 0 Å². The van der Waals surface area contributed by atoms with E-state index >= 15 is 0 Å². The number of methoxy groups -OCH3 is 1. The van der Waals surface area contributed by atoms with Gasteiger partial charge in [-0.25, -0.2) is 0 Å². The number of rotatable bonds is 6. The van der Waals surface area contributed by atoms with Crippen molar-refractivity contribution >= 4 is 11.3 Å². The minimum atomic E-state index is 0.736. The molecule has 0 aromatic carbocycles. The molecule has 0 aliphatic carbocycles. The van der Waals surface area contributed by atoms with Gasteiger partial charge < -0.3 is 10.1 Å². The van der Waals surface area contributed by atoms with Gasteiger partial charge in [0.1, 0.15) is 10.0 Å². The fourth-order valence-corrected chi connectivity index (χ4v) is 1.63. The molecule has 1 N–H and O–H groups in total. The number of nitrogens with zero attached hydrogens (tertiary/aromatic N) is 2. The molecule has 74 valence electrons. The van der Waals surface area contributed by atoms with Gasteiger partial charge in [0, 0.05) is 20.2 Å². The molecule has 0 bridgehead atoms. The van der Waals surface area contributed by atoms with Gasteiger partial charge in [0.2, 0.25) is 0 Å². The molecular formula is C8H15N3OS. The second-order valence-corrected chi connectivity index (χ2v) is 3.76. The molecule has 1 aromatic heterocycles. The zero-order valence-corrected chi connectivity index (χ0v) is 8.86. The summed E-state index contributed by atoms with van der Waals surface area (Å²) >= 11 is 1.67. The zero-order valence-electron chi connectivity index (χ0n) is 8.04. The third kappa shape index (κ3) is 3.80. The van der Waals surface area contributed by atoms with Crippen LogP contribution >= 0.6 is 11.3 Å². The second-order valence-electron chi connectivity index (χ2n) is 2.61. The van der Waals surface area contributed by atoms with E-state index in [1.165, 1.54) is 0 Å². The fraction of sp³-hybridized carbons (Fsp3) is 0.750. The number of ether oxygens (including phenoxy) is 1. The molecule has 0 atom stereocenters. The van der Waals surface area contributed by atoms with E-state index in [9.17, 15) is 0 Å². The van der Waals surface area contributed by atoms with Crippen molar-refractivity contribution in [3.05, 3.63) is 10.0 Å². The van der Waals surface area contributed by atoms with Crippen molar-refractivity contribution < 1.29 is 4.74 Å². The highest BCUT2D eigenvalue weighted by atomic mass is 32.1. The lowest BCUT2D eigenvalue weighted by atomic mass is 10.5. The average Bonchev–Trinajstić information content (AvgIpc) is 2.60. The first-order valence-corrected chi connectivity index (χ1v) is 5.19. The van der Waals surface area contributed by atoms with E-state index in [1.54, 1.807) is 18.4 Å². The van der Waals surface area contributed by atoms with Crippen molar-refractivity contribution in [1.82, 2.24) is 15.5 Å². The highest BCUT2D eigenvalue weighted by molar-refractivity contribution is 7.11. The lowest BCUT2D eigenvalue weighted by molar-refractivity contribution is 0.199. The Morgan fingerprint density at radius 2 is 2.15 bits per heavy atom. The van der Waals surface area contributed by atoms with Gasteiger partial charge in [-0.05, 0) is 6.42 Å². The van der Waals surface area contributed by atoms with E-state index in [0.717, 1.165) is 36.1 Å². The van der Waals surface area contributed by atoms with E-state index in [2.05, 4.69) is 22.4 Å². The van der Waals surface area contributed by atoms with Crippen LogP contribution < -0.4 is 5.32 Å². The zero-order chi connectivity index (χ0) is 9.52. The van der Waals surface area contributed by atoms with Gasteiger partial charge in [-0.15, -0.1) is 21.5 Å². The number of aryl methyl sites for hydroxylation is 1. The summed E-state index contributed by atoms with van der Waals surface area (Å²) in [5.41, 5.74) is 0. The first-order chi connectivity index (χ1) is 6.36. The Kier molecular flexibility index (Phi) is 4.88. The third-order valence-corrected chi connectivity index (χ3v) is 2.64. The van der Waals surface area contributed by atoms with E-state index < -0.39 is 0 Å². The van der Waals surface area contributed by atoms with Crippen LogP contribution in [0.15, 0.2) is 0 Å². The lowest BCUT2D eigenvalue weighted by Gasteiger charge is -1.99. The standard InChI is InChI=1S/C8H15N3OS/c1-3-7-10-11-8(13-7)6-9-4-5-12-2/h9H,3-6H2,1-2H3. The summed E-state index contributed by atoms with van der Waals surface area (Å²) < 4.78 is 4.91. The predicted octanol–water partition coefficient (Wildman–Crippen LogP) is 0.837. The maximum atomic E-state index is 4.91. The number of aromatic nitrogens is 2. The van der Waals surface area contributed by atoms with Crippen LogP contribution in [0.1, 0.15) is 16.9 Å². The average molecular weight is 201 g/mol. The summed E-state index contributed by atoms with van der Waals surface area (Å²) in [7, 11) is 1.70. The van der Waals surface area contributed by atoms with Crippen molar-refractivity contribution in [2.24, 2.45) is 0 Å². The van der Waals surface area contributed by atoms with Gasteiger partial charge in [-0.3, -0.25) is 0 Å². The summed E-state index contributed by atoms with van der Waals surface area (Å²) in [5, 5.41) is 13.5. The Morgan fingerprint density at radius 1 is 1.38 bits per heavy atom. The van der Waals surface area contributed by atoms with Crippen molar-refractivity contribution in [2.75, 3.05) is 20.3 Å². The fourth-order valence-electron chi connectivity index (χ4n) is 0.872. The van der Waals surface area contributed by atoms with Crippen LogP contribution in [-0.4, -0.2) is 30.5 Å². The largest absolute Gasteiger partial charge is 0.383 e. The minimum absolute atomic E-state index is 0.736. The molecular weight excluding hydrogens is 186 g/mol. The van der Waals surface area contributed by atoms with Gasteiger partial charge in [0.25, 0.3) is 0 Å². The summed E-state index contributed by atoms with van der Waals surface area (Å²) in [5.74, 6) is 0. The summed E-state index contributed by atoms with van der Waals surface area (Å²) in [4.78, 5) is 0. The van der Waals surface area contributed by atoms with Crippen LogP contribution in [0.2, 0.25) is 0 Å². The van der Waals surface area contributed by atoms with E-state index in [0.29, 0.717) is 0 Å². The Balaban J connectivity index is 2.20. The lowest BCUT2D eigenvalue weighted by Crippen LogP contribution is -2.18. The molecule has 13 heavy (non-hydrogen) atoms. The highest BCUT2D eigenvalue weighted by Crippen LogP contribution is 2.08. The molecule has 0 aliphatic heterocycles. The second kappa shape index (κ2) is 6.01. The SMILES string of the molecule is CCc1nnc(CNCCOC)s1. The molecule has 1 rings (SSSR count). The maximum absolute atomic E-state index is 4.91. The molecule has 1 aromatic rings. The Labute approximate surface area is 82.3 Å². The van der Waals surface area contributed by atoms with Gasteiger partial charge in [-0.2, -0.15) is 0 Å². The third-order valence-electron chi connectivity index (χ3n) is 1.57. The van der Waals surface area contributed by atoms with Crippen LogP contribution in [0.25, 0.3) is 0 Å². The Bertz CT molecular complexity index is 239. The molecule has 0 radical (unpaired) electrons. The molecule has 0 spiro atoms. The number of nitrogens with one attached hydrogen (secondary N) is 1. The van der Waals surface area contributed by atoms with Crippen molar-refractivity contribution in [2.45, 2.75) is 19.9 Å². The molecule has 0 unspecified atom stereocenters. The molecule has 4 nitrogen and oxygen atoms in total. The minimum Gasteiger partial charge on any atom is -0.383 e. The molecule has 0 saturated carbocycles. The van der Waals surface area contributed by atoms with Crippen LogP contribution in [0.3, 0.4) is 0 Å². The van der Waals surface area contributed by atoms with Gasteiger partial charge in [-0.1, -0.05) is 6.92 Å². The summed E-state index contributed by atoms with van der Waals surface area (Å²) in [6.07, 6.45) is 0.968. The van der Waals surface area contributed by atoms with E-state index in [-0.39, 0.29) is 0 Å². The van der Waals surface area contributed by atoms with Crippen LogP contribution in [-0.2, 0) is 17.7 Å². The first-order valence-electron chi connectivity index (χ1n) is 4.37. The normalized spacial score (nSPS) is 10.6. The van der Waals surface area contributed by atoms with Crippen LogP contribution in [0, 0.1) is 0 Å². The number of hydrogen-bond donors (Lipinski definition) is 1. The molecule has 0 fully saturated rings. The van der Waals surface area contributed by atoms with E-state index in [1.807, 2.05) is 0 Å². The summed E-state index contributed by atoms with van der Waals surface area (Å²) in [6, 6.07) is 0. The molecule has 1 heterocycles. The Morgan fingerprint density at radius 3 is 2.77 bits per heavy atom. The smallest absolute Gasteiger partial charge is 0.131 e. The molecule has 5 heteroatoms. The molecule has 0 saturated heterocycles. The maximum Gasteiger partial charge on any atom is 0.131 e. The topological polar surface area (TPSA) is 47.0 Å². The van der Waals surface area contributed by atoms with Crippen LogP contribution in [0.5, 0.6) is 0 Å². The molecule has 0 aliphatic rings. The van der Waals surface area contributed by atoms with Gasteiger partial charge in [0.15, 0.2) is 0 Å². The monoisotopic (exact) mass is 201 g/mol. The molecule has 0 amide bonds. The quantitative estimate of drug-likeness (QED) is 0.693. The first kappa shape index (κ1) is 10.6. The Hall–Kier alpha value is -0.520. The van der Waals surface area contributed by atoms with Gasteiger partial charge in [0.05, 0.1) is 6.61 Å². The highest BCUT2D eigenvalue weighted by Gasteiger charge is 2.00. The van der Waals surface area contributed by atoms with Crippen molar-refractivity contribution in [1.29, 1.82) is 0 Å². The van der Waals surface area contributed by atoms with Crippen molar-refractivity contribution in [3.8, 4) is 0 Å². The summed E-state index contributed by atoms with van der Waals surface area (Å²) in [6.45, 7) is 4.47. The predicted molar refractivity (Wildman–Crippen MR) is 52.9 cm³/mol. The number of hydrogen-bond acceptors (Lipinski definition) is 5. The van der Waals surface area contributed by atoms with E-state index in [4.69, 9.17) is 4.74 Å². The van der Waals surface area contributed by atoms with Gasteiger partial charge >= 0.3 is 0 Å².